The van der Waals surface area contributed by atoms with Gasteiger partial charge in [0.25, 0.3) is 5.91 Å². The quantitative estimate of drug-likeness (QED) is 0.739. The average molecular weight is 423 g/mol. The summed E-state index contributed by atoms with van der Waals surface area (Å²) in [7, 11) is 0. The van der Waals surface area contributed by atoms with Crippen molar-refractivity contribution in [1.82, 2.24) is 19.8 Å². The molecule has 2 aromatic rings. The second-order valence-corrected chi connectivity index (χ2v) is 8.38. The number of aromatic nitrogens is 2. The zero-order valence-electron chi connectivity index (χ0n) is 18.3. The molecule has 0 aliphatic carbocycles. The van der Waals surface area contributed by atoms with E-state index in [1.165, 1.54) is 12.4 Å². The van der Waals surface area contributed by atoms with Crippen LogP contribution in [0.1, 0.15) is 61.5 Å². The van der Waals surface area contributed by atoms with Crippen LogP contribution in [0.5, 0.6) is 5.75 Å². The lowest BCUT2D eigenvalue weighted by Crippen LogP contribution is -2.52. The van der Waals surface area contributed by atoms with E-state index in [1.807, 2.05) is 41.8 Å². The number of fused-ring (bicyclic) bond motifs is 1. The summed E-state index contributed by atoms with van der Waals surface area (Å²) in [4.78, 5) is 37.5. The van der Waals surface area contributed by atoms with Crippen LogP contribution >= 0.6 is 0 Å². The Hall–Kier alpha value is -2.96. The number of rotatable bonds is 5. The van der Waals surface area contributed by atoms with Gasteiger partial charge in [0.1, 0.15) is 17.0 Å². The molecule has 31 heavy (non-hydrogen) atoms. The van der Waals surface area contributed by atoms with Crippen molar-refractivity contribution in [3.8, 4) is 5.75 Å². The van der Waals surface area contributed by atoms with Crippen molar-refractivity contribution in [3.05, 3.63) is 54.1 Å². The van der Waals surface area contributed by atoms with Crippen molar-refractivity contribution in [2.75, 3.05) is 26.2 Å². The SMILES string of the molecule is CCN(CC)C(=O)CC1CC2(CCN(C(=O)c3cnccn3)CC2)Oc2ccccc21. The number of para-hydroxylation sites is 1. The summed E-state index contributed by atoms with van der Waals surface area (Å²) < 4.78 is 6.53. The van der Waals surface area contributed by atoms with Gasteiger partial charge in [0.05, 0.1) is 6.20 Å². The van der Waals surface area contributed by atoms with Gasteiger partial charge in [0.15, 0.2) is 0 Å². The lowest BCUT2D eigenvalue weighted by atomic mass is 9.76. The van der Waals surface area contributed by atoms with Crippen LogP contribution in [0.2, 0.25) is 0 Å². The Balaban J connectivity index is 1.50. The molecule has 1 unspecified atom stereocenters. The fourth-order valence-electron chi connectivity index (χ4n) is 4.84. The zero-order valence-corrected chi connectivity index (χ0v) is 18.3. The van der Waals surface area contributed by atoms with Crippen molar-refractivity contribution in [3.63, 3.8) is 0 Å². The molecule has 1 spiro atoms. The van der Waals surface area contributed by atoms with Crippen molar-refractivity contribution in [2.45, 2.75) is 51.0 Å². The highest BCUT2D eigenvalue weighted by atomic mass is 16.5. The fraction of sp³-hybridized carbons (Fsp3) is 0.500. The first-order chi connectivity index (χ1) is 15.0. The number of ether oxygens (including phenoxy) is 1. The highest BCUT2D eigenvalue weighted by molar-refractivity contribution is 5.92. The number of carbonyl (C=O) groups excluding carboxylic acids is 2. The van der Waals surface area contributed by atoms with Gasteiger partial charge in [-0.05, 0) is 31.9 Å². The molecule has 1 aromatic carbocycles. The standard InChI is InChI=1S/C24H30N4O3/c1-3-27(4-2)22(29)15-18-16-24(31-21-8-6-5-7-19(18)21)9-13-28(14-10-24)23(30)20-17-25-11-12-26-20/h5-8,11-12,17-18H,3-4,9-10,13-16H2,1-2H3. The van der Waals surface area contributed by atoms with Crippen molar-refractivity contribution >= 4 is 11.8 Å². The lowest BCUT2D eigenvalue weighted by molar-refractivity contribution is -0.131. The molecule has 7 heteroatoms. The van der Waals surface area contributed by atoms with E-state index in [0.29, 0.717) is 25.2 Å². The minimum atomic E-state index is -0.346. The first kappa shape index (κ1) is 21.3. The summed E-state index contributed by atoms with van der Waals surface area (Å²) in [5.74, 6) is 1.10. The molecule has 1 aromatic heterocycles. The monoisotopic (exact) mass is 422 g/mol. The highest BCUT2D eigenvalue weighted by Gasteiger charge is 2.44. The average Bonchev–Trinajstić information content (AvgIpc) is 2.80. The summed E-state index contributed by atoms with van der Waals surface area (Å²) in [6.07, 6.45) is 7.38. The number of piperidine rings is 1. The van der Waals surface area contributed by atoms with Gasteiger partial charge in [0.2, 0.25) is 5.91 Å². The van der Waals surface area contributed by atoms with E-state index in [0.717, 1.165) is 43.7 Å². The molecule has 4 rings (SSSR count). The minimum absolute atomic E-state index is 0.0904. The number of benzene rings is 1. The van der Waals surface area contributed by atoms with Crippen LogP contribution in [0.3, 0.4) is 0 Å². The maximum absolute atomic E-state index is 12.9. The first-order valence-corrected chi connectivity index (χ1v) is 11.2. The van der Waals surface area contributed by atoms with E-state index >= 15 is 0 Å². The molecular weight excluding hydrogens is 392 g/mol. The molecule has 1 atom stereocenters. The van der Waals surface area contributed by atoms with Gasteiger partial charge in [-0.3, -0.25) is 14.6 Å². The molecule has 164 valence electrons. The summed E-state index contributed by atoms with van der Waals surface area (Å²) in [5.41, 5.74) is 1.14. The number of hydrogen-bond donors (Lipinski definition) is 0. The molecule has 1 fully saturated rings. The van der Waals surface area contributed by atoms with E-state index in [4.69, 9.17) is 4.74 Å². The van der Waals surface area contributed by atoms with Gasteiger partial charge < -0.3 is 14.5 Å². The van der Waals surface area contributed by atoms with Gasteiger partial charge in [-0.25, -0.2) is 4.98 Å². The van der Waals surface area contributed by atoms with Gasteiger partial charge in [-0.2, -0.15) is 0 Å². The topological polar surface area (TPSA) is 75.6 Å². The maximum Gasteiger partial charge on any atom is 0.274 e. The van der Waals surface area contributed by atoms with E-state index in [1.54, 1.807) is 6.20 Å². The summed E-state index contributed by atoms with van der Waals surface area (Å²) in [5, 5.41) is 0. The summed E-state index contributed by atoms with van der Waals surface area (Å²) in [6.45, 7) is 6.70. The molecule has 2 amide bonds. The Morgan fingerprint density at radius 1 is 1.16 bits per heavy atom. The number of likely N-dealkylation sites (tertiary alicyclic amines) is 1. The Bertz CT molecular complexity index is 921. The second-order valence-electron chi connectivity index (χ2n) is 8.38. The molecular formula is C24H30N4O3. The van der Waals surface area contributed by atoms with E-state index in [2.05, 4.69) is 16.0 Å². The predicted octanol–water partition coefficient (Wildman–Crippen LogP) is 3.28. The predicted molar refractivity (Wildman–Crippen MR) is 117 cm³/mol. The maximum atomic E-state index is 12.9. The zero-order chi connectivity index (χ0) is 21.8. The van der Waals surface area contributed by atoms with Crippen LogP contribution in [0.15, 0.2) is 42.9 Å². The van der Waals surface area contributed by atoms with E-state index < -0.39 is 0 Å². The molecule has 0 N–H and O–H groups in total. The van der Waals surface area contributed by atoms with Crippen molar-refractivity contribution < 1.29 is 14.3 Å². The van der Waals surface area contributed by atoms with Crippen LogP contribution in [0, 0.1) is 0 Å². The van der Waals surface area contributed by atoms with Crippen LogP contribution in [0.4, 0.5) is 0 Å². The van der Waals surface area contributed by atoms with Gasteiger partial charge in [-0.1, -0.05) is 18.2 Å². The molecule has 3 heterocycles. The van der Waals surface area contributed by atoms with Crippen LogP contribution in [0.25, 0.3) is 0 Å². The number of hydrogen-bond acceptors (Lipinski definition) is 5. The summed E-state index contributed by atoms with van der Waals surface area (Å²) in [6, 6.07) is 8.07. The first-order valence-electron chi connectivity index (χ1n) is 11.2. The van der Waals surface area contributed by atoms with Crippen LogP contribution < -0.4 is 4.74 Å². The smallest absolute Gasteiger partial charge is 0.274 e. The third-order valence-corrected chi connectivity index (χ3v) is 6.59. The Morgan fingerprint density at radius 2 is 1.90 bits per heavy atom. The summed E-state index contributed by atoms with van der Waals surface area (Å²) >= 11 is 0. The molecule has 0 bridgehead atoms. The number of carbonyl (C=O) groups is 2. The normalized spacial score (nSPS) is 19.4. The molecule has 2 aliphatic rings. The van der Waals surface area contributed by atoms with Crippen molar-refractivity contribution in [1.29, 1.82) is 0 Å². The molecule has 0 saturated carbocycles. The number of amides is 2. The molecule has 7 nitrogen and oxygen atoms in total. The molecule has 0 radical (unpaired) electrons. The van der Waals surface area contributed by atoms with Gasteiger partial charge in [-0.15, -0.1) is 0 Å². The fourth-order valence-corrected chi connectivity index (χ4v) is 4.84. The number of nitrogens with zero attached hydrogens (tertiary/aromatic N) is 4. The third-order valence-electron chi connectivity index (χ3n) is 6.59. The third kappa shape index (κ3) is 4.40. The van der Waals surface area contributed by atoms with E-state index in [-0.39, 0.29) is 23.3 Å². The van der Waals surface area contributed by atoms with Crippen LogP contribution in [-0.2, 0) is 4.79 Å². The molecule has 1 saturated heterocycles. The Morgan fingerprint density at radius 3 is 2.58 bits per heavy atom. The Labute approximate surface area is 183 Å². The van der Waals surface area contributed by atoms with Crippen molar-refractivity contribution in [2.24, 2.45) is 0 Å². The van der Waals surface area contributed by atoms with Gasteiger partial charge >= 0.3 is 0 Å². The second kappa shape index (κ2) is 9.04. The van der Waals surface area contributed by atoms with Crippen LogP contribution in [-0.4, -0.2) is 63.4 Å². The Kier molecular flexibility index (Phi) is 6.20. The molecule has 2 aliphatic heterocycles. The highest BCUT2D eigenvalue weighted by Crippen LogP contribution is 2.46. The largest absolute Gasteiger partial charge is 0.487 e. The van der Waals surface area contributed by atoms with Gasteiger partial charge in [0, 0.05) is 63.8 Å². The lowest BCUT2D eigenvalue weighted by Gasteiger charge is -2.47. The van der Waals surface area contributed by atoms with E-state index in [9.17, 15) is 9.59 Å². The minimum Gasteiger partial charge on any atom is -0.487 e.